The van der Waals surface area contributed by atoms with E-state index in [0.717, 1.165) is 12.8 Å². The van der Waals surface area contributed by atoms with Gasteiger partial charge in [0.1, 0.15) is 0 Å². The van der Waals surface area contributed by atoms with Gasteiger partial charge >= 0.3 is 0 Å². The normalized spacial score (nSPS) is 9.94. The van der Waals surface area contributed by atoms with Gasteiger partial charge < -0.3 is 16.8 Å². The highest BCUT2D eigenvalue weighted by molar-refractivity contribution is 5.76. The number of guanidine groups is 1. The number of aliphatic imine (C=N–C) groups is 1. The topological polar surface area (TPSA) is 93.5 Å². The average molecular weight is 242 g/mol. The predicted molar refractivity (Wildman–Crippen MR) is 71.7 cm³/mol. The molecule has 5 N–H and O–H groups in total. The lowest BCUT2D eigenvalue weighted by molar-refractivity contribution is -0.121. The van der Waals surface area contributed by atoms with Crippen molar-refractivity contribution in [2.24, 2.45) is 16.5 Å². The first-order chi connectivity index (χ1) is 8.16. The van der Waals surface area contributed by atoms with Crippen molar-refractivity contribution in [1.29, 1.82) is 0 Å². The Morgan fingerprint density at radius 2 is 1.76 bits per heavy atom. The fraction of sp³-hybridized carbons (Fsp3) is 0.833. The van der Waals surface area contributed by atoms with E-state index in [1.165, 1.54) is 25.7 Å². The zero-order valence-corrected chi connectivity index (χ0v) is 10.9. The Morgan fingerprint density at radius 1 is 1.12 bits per heavy atom. The van der Waals surface area contributed by atoms with Gasteiger partial charge in [0.25, 0.3) is 0 Å². The summed E-state index contributed by atoms with van der Waals surface area (Å²) in [5.41, 5.74) is 10.3. The molecular formula is C12H26N4O. The van der Waals surface area contributed by atoms with E-state index in [-0.39, 0.29) is 11.9 Å². The van der Waals surface area contributed by atoms with Crippen LogP contribution in [0.15, 0.2) is 4.99 Å². The Kier molecular flexibility index (Phi) is 10.4. The van der Waals surface area contributed by atoms with Gasteiger partial charge in [-0.05, 0) is 6.42 Å². The van der Waals surface area contributed by atoms with Crippen LogP contribution in [0, 0.1) is 0 Å². The lowest BCUT2D eigenvalue weighted by Gasteiger charge is -2.03. The van der Waals surface area contributed by atoms with E-state index in [0.29, 0.717) is 19.5 Å². The minimum atomic E-state index is 0.0650. The number of amides is 1. The zero-order chi connectivity index (χ0) is 12.9. The highest BCUT2D eigenvalue weighted by atomic mass is 16.1. The van der Waals surface area contributed by atoms with E-state index in [9.17, 15) is 4.79 Å². The summed E-state index contributed by atoms with van der Waals surface area (Å²) >= 11 is 0. The Bertz CT molecular complexity index is 225. The fourth-order valence-corrected chi connectivity index (χ4v) is 1.53. The molecule has 0 unspecified atom stereocenters. The quantitative estimate of drug-likeness (QED) is 0.304. The van der Waals surface area contributed by atoms with Crippen molar-refractivity contribution in [3.63, 3.8) is 0 Å². The first-order valence-corrected chi connectivity index (χ1v) is 6.49. The van der Waals surface area contributed by atoms with Crippen LogP contribution in [-0.4, -0.2) is 25.0 Å². The van der Waals surface area contributed by atoms with Crippen LogP contribution in [-0.2, 0) is 4.79 Å². The molecule has 0 saturated carbocycles. The molecular weight excluding hydrogens is 216 g/mol. The molecule has 5 heteroatoms. The van der Waals surface area contributed by atoms with Crippen molar-refractivity contribution in [3.8, 4) is 0 Å². The monoisotopic (exact) mass is 242 g/mol. The third-order valence-corrected chi connectivity index (χ3v) is 2.49. The summed E-state index contributed by atoms with van der Waals surface area (Å²) in [6.07, 6.45) is 7.78. The number of carbonyl (C=O) groups is 1. The molecule has 0 aliphatic carbocycles. The maximum atomic E-state index is 11.4. The molecule has 0 bridgehead atoms. The van der Waals surface area contributed by atoms with Gasteiger partial charge in [0, 0.05) is 13.0 Å². The Morgan fingerprint density at radius 3 is 2.41 bits per heavy atom. The second-order valence-electron chi connectivity index (χ2n) is 4.17. The predicted octanol–water partition coefficient (Wildman–Crippen LogP) is 1.13. The number of nitrogens with one attached hydrogen (secondary N) is 1. The molecule has 0 fully saturated rings. The molecule has 0 aliphatic rings. The van der Waals surface area contributed by atoms with Crippen molar-refractivity contribution < 1.29 is 4.79 Å². The molecule has 0 aromatic carbocycles. The minimum Gasteiger partial charge on any atom is -0.370 e. The summed E-state index contributed by atoms with van der Waals surface area (Å²) in [4.78, 5) is 15.1. The lowest BCUT2D eigenvalue weighted by Crippen LogP contribution is -2.28. The van der Waals surface area contributed by atoms with Gasteiger partial charge in [-0.2, -0.15) is 0 Å². The van der Waals surface area contributed by atoms with Crippen LogP contribution in [0.25, 0.3) is 0 Å². The van der Waals surface area contributed by atoms with E-state index >= 15 is 0 Å². The smallest absolute Gasteiger partial charge is 0.220 e. The molecule has 1 amide bonds. The molecule has 17 heavy (non-hydrogen) atoms. The van der Waals surface area contributed by atoms with Crippen LogP contribution in [0.2, 0.25) is 0 Å². The van der Waals surface area contributed by atoms with E-state index in [1.807, 2.05) is 0 Å². The standard InChI is InChI=1S/C12H26N4O/c1-2-3-4-5-6-7-8-11(17)15-9-10-16-12(13)14/h2-10H2,1H3,(H,15,17)(H4,13,14,16). The molecule has 0 aliphatic heterocycles. The number of hydrogen-bond acceptors (Lipinski definition) is 2. The van der Waals surface area contributed by atoms with Gasteiger partial charge in [-0.3, -0.25) is 9.79 Å². The Hall–Kier alpha value is -1.26. The third-order valence-electron chi connectivity index (χ3n) is 2.49. The minimum absolute atomic E-state index is 0.0650. The van der Waals surface area contributed by atoms with E-state index < -0.39 is 0 Å². The highest BCUT2D eigenvalue weighted by Crippen LogP contribution is 2.06. The number of rotatable bonds is 10. The summed E-state index contributed by atoms with van der Waals surface area (Å²) in [5, 5.41) is 2.78. The molecule has 0 aromatic rings. The van der Waals surface area contributed by atoms with Gasteiger partial charge in [0.15, 0.2) is 5.96 Å². The van der Waals surface area contributed by atoms with E-state index in [2.05, 4.69) is 17.2 Å². The number of nitrogens with two attached hydrogens (primary N) is 2. The van der Waals surface area contributed by atoms with Crippen molar-refractivity contribution in [1.82, 2.24) is 5.32 Å². The van der Waals surface area contributed by atoms with Crippen LogP contribution in [0.5, 0.6) is 0 Å². The summed E-state index contributed by atoms with van der Waals surface area (Å²) in [6.45, 7) is 3.15. The summed E-state index contributed by atoms with van der Waals surface area (Å²) < 4.78 is 0. The van der Waals surface area contributed by atoms with Gasteiger partial charge in [-0.15, -0.1) is 0 Å². The van der Waals surface area contributed by atoms with E-state index in [4.69, 9.17) is 11.5 Å². The summed E-state index contributed by atoms with van der Waals surface area (Å²) in [5.74, 6) is 0.154. The maximum Gasteiger partial charge on any atom is 0.220 e. The number of unbranched alkanes of at least 4 members (excludes halogenated alkanes) is 5. The fourth-order valence-electron chi connectivity index (χ4n) is 1.53. The average Bonchev–Trinajstić information content (AvgIpc) is 2.29. The van der Waals surface area contributed by atoms with Crippen molar-refractivity contribution in [2.45, 2.75) is 51.9 Å². The maximum absolute atomic E-state index is 11.4. The molecule has 0 atom stereocenters. The first-order valence-electron chi connectivity index (χ1n) is 6.49. The summed E-state index contributed by atoms with van der Waals surface area (Å²) in [7, 11) is 0. The molecule has 0 radical (unpaired) electrons. The van der Waals surface area contributed by atoms with Gasteiger partial charge in [-0.25, -0.2) is 0 Å². The van der Waals surface area contributed by atoms with Crippen molar-refractivity contribution in [3.05, 3.63) is 0 Å². The van der Waals surface area contributed by atoms with Gasteiger partial charge in [0.2, 0.25) is 5.91 Å². The second kappa shape index (κ2) is 11.2. The zero-order valence-electron chi connectivity index (χ0n) is 10.9. The molecule has 5 nitrogen and oxygen atoms in total. The number of hydrogen-bond donors (Lipinski definition) is 3. The first kappa shape index (κ1) is 15.7. The molecule has 0 spiro atoms. The highest BCUT2D eigenvalue weighted by Gasteiger charge is 1.99. The Balaban J connectivity index is 3.26. The molecule has 0 saturated heterocycles. The van der Waals surface area contributed by atoms with Crippen LogP contribution >= 0.6 is 0 Å². The van der Waals surface area contributed by atoms with Crippen LogP contribution in [0.1, 0.15) is 51.9 Å². The van der Waals surface area contributed by atoms with Gasteiger partial charge in [0.05, 0.1) is 6.54 Å². The van der Waals surface area contributed by atoms with Crippen molar-refractivity contribution in [2.75, 3.05) is 13.1 Å². The van der Waals surface area contributed by atoms with Crippen LogP contribution < -0.4 is 16.8 Å². The summed E-state index contributed by atoms with van der Waals surface area (Å²) in [6, 6.07) is 0. The van der Waals surface area contributed by atoms with Crippen molar-refractivity contribution >= 4 is 11.9 Å². The third kappa shape index (κ3) is 12.7. The largest absolute Gasteiger partial charge is 0.370 e. The molecule has 0 aromatic heterocycles. The second-order valence-corrected chi connectivity index (χ2v) is 4.17. The van der Waals surface area contributed by atoms with Crippen LogP contribution in [0.3, 0.4) is 0 Å². The lowest BCUT2D eigenvalue weighted by atomic mass is 10.1. The number of nitrogens with zero attached hydrogens (tertiary/aromatic N) is 1. The molecule has 0 heterocycles. The number of carbonyl (C=O) groups excluding carboxylic acids is 1. The van der Waals surface area contributed by atoms with Gasteiger partial charge in [-0.1, -0.05) is 39.0 Å². The SMILES string of the molecule is CCCCCCCCC(=O)NCCN=C(N)N. The van der Waals surface area contributed by atoms with E-state index in [1.54, 1.807) is 0 Å². The molecule has 100 valence electrons. The van der Waals surface area contributed by atoms with Crippen LogP contribution in [0.4, 0.5) is 0 Å². The Labute approximate surface area is 104 Å². The molecule has 0 rings (SSSR count).